The zero-order valence-corrected chi connectivity index (χ0v) is 43.2. The van der Waals surface area contributed by atoms with Crippen molar-refractivity contribution < 1.29 is 0 Å². The minimum atomic E-state index is -2.70. The summed E-state index contributed by atoms with van der Waals surface area (Å²) in [5.41, 5.74) is 0.438. The van der Waals surface area contributed by atoms with E-state index in [2.05, 4.69) is 203 Å². The fraction of sp³-hybridized carbons (Fsp3) is 1.00. The highest BCUT2D eigenvalue weighted by Crippen LogP contribution is 2.48. The maximum atomic E-state index is 3.27. The molecule has 0 saturated carbocycles. The molecule has 0 aliphatic carbocycles. The second kappa shape index (κ2) is 13.4. The van der Waals surface area contributed by atoms with E-state index in [0.717, 1.165) is 26.2 Å². The molecule has 4 fully saturated rings. The van der Waals surface area contributed by atoms with Gasteiger partial charge >= 0.3 is 16.2 Å². The Morgan fingerprint density at radius 2 is 0.404 bits per heavy atom. The standard InChI is InChI=1S/C40H88N8Si4/c1-33(2,3)41-25-27-43(35(7,8)9)51(45(37(13,14)15)29-30-46(51)38(16,17)18)49(41)50-42(34(4,5)6)26-28-44(36(10,11)12)52(50)47(39(19,20)21)31-32-48(52)40(22,23)24/h25-32H2,1-24H3/b50-49-. The van der Waals surface area contributed by atoms with Crippen LogP contribution >= 0.6 is 0 Å². The Labute approximate surface area is 329 Å². The van der Waals surface area contributed by atoms with Crippen molar-refractivity contribution in [3.8, 4) is 0 Å². The smallest absolute Gasteiger partial charge is 0.312 e. The van der Waals surface area contributed by atoms with Crippen LogP contribution in [0.5, 0.6) is 0 Å². The fourth-order valence-corrected chi connectivity index (χ4v) is 74.0. The van der Waals surface area contributed by atoms with Gasteiger partial charge in [-0.2, -0.15) is 0 Å². The summed E-state index contributed by atoms with van der Waals surface area (Å²) in [7, 11) is -8.11. The normalized spacial score (nSPS) is 26.5. The molecule has 304 valence electrons. The van der Waals surface area contributed by atoms with Crippen LogP contribution in [-0.2, 0) is 0 Å². The maximum absolute atomic E-state index is 3.27. The van der Waals surface area contributed by atoms with Crippen molar-refractivity contribution in [2.75, 3.05) is 52.4 Å². The molecule has 4 aliphatic heterocycles. The van der Waals surface area contributed by atoms with Gasteiger partial charge in [0.15, 0.2) is 15.1 Å². The van der Waals surface area contributed by atoms with E-state index in [0.29, 0.717) is 0 Å². The van der Waals surface area contributed by atoms with E-state index >= 15 is 0 Å². The van der Waals surface area contributed by atoms with Crippen molar-refractivity contribution in [1.82, 2.24) is 36.5 Å². The molecule has 0 N–H and O–H groups in total. The van der Waals surface area contributed by atoms with Gasteiger partial charge in [0.2, 0.25) is 0 Å². The van der Waals surface area contributed by atoms with Crippen molar-refractivity contribution in [1.29, 1.82) is 0 Å². The van der Waals surface area contributed by atoms with Crippen molar-refractivity contribution in [3.05, 3.63) is 0 Å². The number of rotatable bonds is 0. The average Bonchev–Trinajstić information content (AvgIpc) is 3.46. The van der Waals surface area contributed by atoms with Crippen LogP contribution in [0, 0.1) is 0 Å². The van der Waals surface area contributed by atoms with E-state index in [1.54, 1.807) is 0 Å². The lowest BCUT2D eigenvalue weighted by molar-refractivity contribution is 0.113. The summed E-state index contributed by atoms with van der Waals surface area (Å²) in [5.74, 6) is 0. The van der Waals surface area contributed by atoms with E-state index in [1.165, 1.54) is 26.2 Å². The summed E-state index contributed by atoms with van der Waals surface area (Å²) in [6, 6.07) is 0. The number of nitrogens with zero attached hydrogens (tertiary/aromatic N) is 8. The molecule has 4 heterocycles. The van der Waals surface area contributed by atoms with Crippen molar-refractivity contribution in [2.45, 2.75) is 210 Å². The first kappa shape index (κ1) is 44.9. The predicted molar refractivity (Wildman–Crippen MR) is 235 cm³/mol. The van der Waals surface area contributed by atoms with Crippen molar-refractivity contribution in [2.24, 2.45) is 0 Å². The fourth-order valence-electron chi connectivity index (χ4n) is 10.7. The van der Waals surface area contributed by atoms with Gasteiger partial charge in [-0.1, -0.05) is 0 Å². The van der Waals surface area contributed by atoms with Crippen LogP contribution in [0.3, 0.4) is 0 Å². The van der Waals surface area contributed by atoms with Gasteiger partial charge in [-0.15, -0.1) is 0 Å². The molecule has 0 atom stereocenters. The lowest BCUT2D eigenvalue weighted by Crippen LogP contribution is -2.96. The van der Waals surface area contributed by atoms with E-state index in [1.807, 2.05) is 0 Å². The van der Waals surface area contributed by atoms with E-state index < -0.39 is 31.3 Å². The molecular formula is C40H88N8Si4. The summed E-state index contributed by atoms with van der Waals surface area (Å²) in [4.78, 5) is 0. The molecule has 4 aliphatic rings. The second-order valence-electron chi connectivity index (χ2n) is 24.5. The van der Waals surface area contributed by atoms with Crippen LogP contribution in [0.4, 0.5) is 0 Å². The van der Waals surface area contributed by atoms with Gasteiger partial charge in [0.1, 0.15) is 0 Å². The molecule has 0 amide bonds. The van der Waals surface area contributed by atoms with Gasteiger partial charge < -0.3 is 9.13 Å². The van der Waals surface area contributed by atoms with Gasteiger partial charge in [0, 0.05) is 96.7 Å². The summed E-state index contributed by atoms with van der Waals surface area (Å²) in [6.45, 7) is 71.0. The summed E-state index contributed by atoms with van der Waals surface area (Å²) >= 11 is 0. The maximum Gasteiger partial charge on any atom is 0.312 e. The first-order chi connectivity index (χ1) is 22.9. The zero-order chi connectivity index (χ0) is 40.4. The first-order valence-electron chi connectivity index (χ1n) is 20.9. The van der Waals surface area contributed by atoms with Crippen LogP contribution in [0.2, 0.25) is 0 Å². The van der Waals surface area contributed by atoms with Crippen LogP contribution in [0.15, 0.2) is 0 Å². The van der Waals surface area contributed by atoms with Crippen LogP contribution in [-0.4, -0.2) is 164 Å². The molecule has 8 nitrogen and oxygen atoms in total. The average molecular weight is 794 g/mol. The monoisotopic (exact) mass is 793 g/mol. The summed E-state index contributed by atoms with van der Waals surface area (Å²) < 4.78 is 25.9. The van der Waals surface area contributed by atoms with Crippen LogP contribution < -0.4 is 0 Å². The van der Waals surface area contributed by atoms with Gasteiger partial charge in [0.05, 0.1) is 0 Å². The Kier molecular flexibility index (Phi) is 11.6. The Balaban J connectivity index is 2.53. The van der Waals surface area contributed by atoms with Crippen LogP contribution in [0.1, 0.15) is 166 Å². The topological polar surface area (TPSA) is 25.9 Å². The number of hydrogen-bond acceptors (Lipinski definition) is 8. The van der Waals surface area contributed by atoms with Gasteiger partial charge in [-0.3, -0.25) is 27.4 Å². The Morgan fingerprint density at radius 3 is 0.538 bits per heavy atom. The number of hydrogen-bond donors (Lipinski definition) is 0. The zero-order valence-electron chi connectivity index (χ0n) is 39.2. The van der Waals surface area contributed by atoms with E-state index in [4.69, 9.17) is 0 Å². The molecule has 0 unspecified atom stereocenters. The quantitative estimate of drug-likeness (QED) is 0.244. The molecule has 0 aromatic heterocycles. The molecule has 4 rings (SSSR count). The van der Waals surface area contributed by atoms with E-state index in [9.17, 15) is 0 Å². The molecule has 52 heavy (non-hydrogen) atoms. The van der Waals surface area contributed by atoms with E-state index in [-0.39, 0.29) is 44.3 Å². The van der Waals surface area contributed by atoms with Gasteiger partial charge in [-0.05, 0) is 166 Å². The second-order valence-corrected chi connectivity index (χ2v) is 45.5. The molecule has 4 saturated heterocycles. The molecule has 0 bridgehead atoms. The molecular weight excluding hydrogens is 705 g/mol. The SMILES string of the molecule is CC(C)(C)N1CCN(C(C)(C)C)[Si]2(N(C(C)(C)C)CCN2C(C)(C)C)/[Si]1=[Si]1/N(C(C)(C)C)CCN(C(C)(C)C)[Si]12N(C(C)(C)C)CCN2C(C)(C)C. The summed E-state index contributed by atoms with van der Waals surface area (Å²) in [5, 5.41) is 0. The lowest BCUT2D eigenvalue weighted by Gasteiger charge is -2.69. The third-order valence-corrected chi connectivity index (χ3v) is 52.6. The highest BCUT2D eigenvalue weighted by Gasteiger charge is 2.75. The molecule has 2 spiro atoms. The van der Waals surface area contributed by atoms with Crippen molar-refractivity contribution >= 4 is 31.3 Å². The van der Waals surface area contributed by atoms with Gasteiger partial charge in [-0.25, -0.2) is 0 Å². The highest BCUT2D eigenvalue weighted by molar-refractivity contribution is 7.51. The first-order valence-corrected chi connectivity index (χ1v) is 30.4. The third kappa shape index (κ3) is 7.40. The van der Waals surface area contributed by atoms with Crippen LogP contribution in [0.25, 0.3) is 0 Å². The minimum Gasteiger partial charge on any atom is -0.402 e. The largest absolute Gasteiger partial charge is 0.402 e. The minimum absolute atomic E-state index is 0.0502. The molecule has 0 aromatic carbocycles. The molecule has 12 heteroatoms. The Morgan fingerprint density at radius 1 is 0.250 bits per heavy atom. The third-order valence-electron chi connectivity index (χ3n) is 12.3. The lowest BCUT2D eigenvalue weighted by atomic mass is 10.1. The molecule has 0 aromatic rings. The van der Waals surface area contributed by atoms with Gasteiger partial charge in [0.25, 0.3) is 0 Å². The highest BCUT2D eigenvalue weighted by atomic mass is 29.6. The predicted octanol–water partition coefficient (Wildman–Crippen LogP) is 6.94. The molecule has 0 radical (unpaired) electrons. The Bertz CT molecular complexity index is 1190. The summed E-state index contributed by atoms with van der Waals surface area (Å²) in [6.07, 6.45) is 0. The Hall–Kier alpha value is 0.228. The van der Waals surface area contributed by atoms with Crippen molar-refractivity contribution in [3.63, 3.8) is 0 Å².